The third kappa shape index (κ3) is 4.70. The Bertz CT molecular complexity index is 473. The van der Waals surface area contributed by atoms with Gasteiger partial charge in [0.25, 0.3) is 0 Å². The number of rotatable bonds is 6. The van der Waals surface area contributed by atoms with Crippen molar-refractivity contribution in [1.82, 2.24) is 0 Å². The van der Waals surface area contributed by atoms with Crippen molar-refractivity contribution in [2.75, 3.05) is 25.6 Å². The molecule has 0 aliphatic heterocycles. The van der Waals surface area contributed by atoms with Crippen LogP contribution in [-0.4, -0.2) is 26.2 Å². The van der Waals surface area contributed by atoms with Gasteiger partial charge in [0, 0.05) is 19.1 Å². The summed E-state index contributed by atoms with van der Waals surface area (Å²) in [5.74, 6) is 0.0522. The zero-order chi connectivity index (χ0) is 15.1. The number of hydrogen-bond donors (Lipinski definition) is 1. The van der Waals surface area contributed by atoms with Crippen LogP contribution in [0.25, 0.3) is 0 Å². The molecule has 1 aromatic rings. The maximum Gasteiger partial charge on any atom is 0.227 e. The Balaban J connectivity index is 2.02. The summed E-state index contributed by atoms with van der Waals surface area (Å²) in [6.45, 7) is 0.793. The molecule has 0 bridgehead atoms. The number of methoxy groups -OCH3 is 1. The molecule has 0 spiro atoms. The van der Waals surface area contributed by atoms with Gasteiger partial charge < -0.3 is 14.8 Å². The zero-order valence-electron chi connectivity index (χ0n) is 12.4. The number of carbonyl (C=O) groups is 1. The Morgan fingerprint density at radius 1 is 1.29 bits per heavy atom. The maximum atomic E-state index is 13.4. The van der Waals surface area contributed by atoms with Crippen molar-refractivity contribution in [3.8, 4) is 5.75 Å². The Morgan fingerprint density at radius 2 is 2.05 bits per heavy atom. The van der Waals surface area contributed by atoms with E-state index in [9.17, 15) is 9.18 Å². The molecular formula is C16H22FNO3. The second-order valence-electron chi connectivity index (χ2n) is 5.31. The molecule has 1 amide bonds. The van der Waals surface area contributed by atoms with Crippen LogP contribution in [0.15, 0.2) is 18.2 Å². The Morgan fingerprint density at radius 3 is 2.76 bits per heavy atom. The monoisotopic (exact) mass is 295 g/mol. The van der Waals surface area contributed by atoms with Crippen molar-refractivity contribution in [3.63, 3.8) is 0 Å². The van der Waals surface area contributed by atoms with E-state index < -0.39 is 5.82 Å². The fourth-order valence-corrected chi connectivity index (χ4v) is 2.56. The fourth-order valence-electron chi connectivity index (χ4n) is 2.56. The van der Waals surface area contributed by atoms with Crippen LogP contribution in [0.2, 0.25) is 0 Å². The van der Waals surface area contributed by atoms with Crippen LogP contribution < -0.4 is 10.1 Å². The smallest absolute Gasteiger partial charge is 0.227 e. The molecular weight excluding hydrogens is 273 g/mol. The Hall–Kier alpha value is -1.62. The summed E-state index contributed by atoms with van der Waals surface area (Å²) in [7, 11) is 1.58. The summed E-state index contributed by atoms with van der Waals surface area (Å²) in [5, 5.41) is 2.80. The highest BCUT2D eigenvalue weighted by atomic mass is 19.1. The first kappa shape index (κ1) is 15.8. The number of amides is 1. The van der Waals surface area contributed by atoms with Crippen molar-refractivity contribution >= 4 is 11.6 Å². The molecule has 1 aliphatic carbocycles. The molecule has 0 radical (unpaired) electrons. The minimum atomic E-state index is -0.395. The summed E-state index contributed by atoms with van der Waals surface area (Å²) in [5.41, 5.74) is 0.390. The van der Waals surface area contributed by atoms with E-state index in [1.165, 1.54) is 24.6 Å². The lowest BCUT2D eigenvalue weighted by Crippen LogP contribution is -2.25. The van der Waals surface area contributed by atoms with Crippen LogP contribution in [0.1, 0.15) is 32.1 Å². The van der Waals surface area contributed by atoms with E-state index >= 15 is 0 Å². The summed E-state index contributed by atoms with van der Waals surface area (Å²) in [6.07, 6.45) is 5.16. The molecule has 1 saturated carbocycles. The molecule has 0 atom stereocenters. The average molecular weight is 295 g/mol. The second kappa shape index (κ2) is 7.98. The molecule has 1 aliphatic rings. The van der Waals surface area contributed by atoms with E-state index in [1.54, 1.807) is 7.11 Å². The summed E-state index contributed by atoms with van der Waals surface area (Å²) < 4.78 is 23.8. The van der Waals surface area contributed by atoms with Gasteiger partial charge in [0.2, 0.25) is 5.91 Å². The van der Waals surface area contributed by atoms with Crippen LogP contribution in [0.4, 0.5) is 10.1 Å². The lowest BCUT2D eigenvalue weighted by Gasteiger charge is -2.21. The third-order valence-electron chi connectivity index (χ3n) is 3.72. The first-order chi connectivity index (χ1) is 10.2. The van der Waals surface area contributed by atoms with Gasteiger partial charge in [-0.15, -0.1) is 0 Å². The lowest BCUT2D eigenvalue weighted by molar-refractivity contribution is -0.120. The van der Waals surface area contributed by atoms with Crippen molar-refractivity contribution in [2.24, 2.45) is 5.92 Å². The lowest BCUT2D eigenvalue weighted by atomic mass is 9.88. The van der Waals surface area contributed by atoms with Gasteiger partial charge in [-0.05, 0) is 25.0 Å². The normalized spacial score (nSPS) is 15.7. The van der Waals surface area contributed by atoms with Gasteiger partial charge in [-0.2, -0.15) is 0 Å². The van der Waals surface area contributed by atoms with E-state index in [0.717, 1.165) is 25.7 Å². The van der Waals surface area contributed by atoms with Crippen molar-refractivity contribution in [1.29, 1.82) is 0 Å². The molecule has 4 nitrogen and oxygen atoms in total. The first-order valence-corrected chi connectivity index (χ1v) is 7.43. The van der Waals surface area contributed by atoms with Crippen LogP contribution in [0.5, 0.6) is 5.75 Å². The van der Waals surface area contributed by atoms with E-state index in [0.29, 0.717) is 24.7 Å². The van der Waals surface area contributed by atoms with Crippen LogP contribution in [-0.2, 0) is 9.53 Å². The van der Waals surface area contributed by atoms with Gasteiger partial charge in [0.15, 0.2) is 0 Å². The first-order valence-electron chi connectivity index (χ1n) is 7.43. The van der Waals surface area contributed by atoms with Gasteiger partial charge in [0.1, 0.15) is 18.2 Å². The SMILES string of the molecule is COCCOc1ccc(F)cc1NC(=O)C1CCCCC1. The number of carbonyl (C=O) groups excluding carboxylic acids is 1. The highest BCUT2D eigenvalue weighted by Crippen LogP contribution is 2.29. The van der Waals surface area contributed by atoms with Gasteiger partial charge in [-0.25, -0.2) is 4.39 Å². The fraction of sp³-hybridized carbons (Fsp3) is 0.562. The summed E-state index contributed by atoms with van der Waals surface area (Å²) >= 11 is 0. The van der Waals surface area contributed by atoms with Crippen molar-refractivity contribution in [3.05, 3.63) is 24.0 Å². The van der Waals surface area contributed by atoms with E-state index in [-0.39, 0.29) is 11.8 Å². The number of halogens is 1. The minimum absolute atomic E-state index is 0.0221. The quantitative estimate of drug-likeness (QED) is 0.819. The zero-order valence-corrected chi connectivity index (χ0v) is 12.4. The molecule has 0 unspecified atom stereocenters. The highest BCUT2D eigenvalue weighted by molar-refractivity contribution is 5.94. The van der Waals surface area contributed by atoms with Crippen LogP contribution in [0.3, 0.4) is 0 Å². The van der Waals surface area contributed by atoms with Crippen molar-refractivity contribution < 1.29 is 18.7 Å². The van der Waals surface area contributed by atoms with Crippen molar-refractivity contribution in [2.45, 2.75) is 32.1 Å². The maximum absolute atomic E-state index is 13.4. The van der Waals surface area contributed by atoms with E-state index in [2.05, 4.69) is 5.32 Å². The molecule has 0 aromatic heterocycles. The average Bonchev–Trinajstić information content (AvgIpc) is 2.50. The molecule has 1 aromatic carbocycles. The molecule has 1 fully saturated rings. The second-order valence-corrected chi connectivity index (χ2v) is 5.31. The number of benzene rings is 1. The van der Waals surface area contributed by atoms with Gasteiger partial charge >= 0.3 is 0 Å². The van der Waals surface area contributed by atoms with Gasteiger partial charge in [0.05, 0.1) is 12.3 Å². The molecule has 1 N–H and O–H groups in total. The molecule has 2 rings (SSSR count). The molecule has 21 heavy (non-hydrogen) atoms. The molecule has 5 heteroatoms. The molecule has 0 saturated heterocycles. The van der Waals surface area contributed by atoms with Crippen LogP contribution in [0, 0.1) is 11.7 Å². The minimum Gasteiger partial charge on any atom is -0.489 e. The van der Waals surface area contributed by atoms with Gasteiger partial charge in [-0.3, -0.25) is 4.79 Å². The number of ether oxygens (including phenoxy) is 2. The Kier molecular flexibility index (Phi) is 5.99. The number of anilines is 1. The Labute approximate surface area is 124 Å². The van der Waals surface area contributed by atoms with Gasteiger partial charge in [-0.1, -0.05) is 19.3 Å². The van der Waals surface area contributed by atoms with E-state index in [4.69, 9.17) is 9.47 Å². The molecule has 0 heterocycles. The third-order valence-corrected chi connectivity index (χ3v) is 3.72. The predicted molar refractivity (Wildman–Crippen MR) is 79.0 cm³/mol. The predicted octanol–water partition coefficient (Wildman–Crippen LogP) is 3.37. The van der Waals surface area contributed by atoms with Crippen LogP contribution >= 0.6 is 0 Å². The van der Waals surface area contributed by atoms with E-state index in [1.807, 2.05) is 0 Å². The standard InChI is InChI=1S/C16H22FNO3/c1-20-9-10-21-15-8-7-13(17)11-14(15)18-16(19)12-5-3-2-4-6-12/h7-8,11-12H,2-6,9-10H2,1H3,(H,18,19). The number of nitrogens with one attached hydrogen (secondary N) is 1. The highest BCUT2D eigenvalue weighted by Gasteiger charge is 2.22. The summed E-state index contributed by atoms with van der Waals surface area (Å²) in [4.78, 5) is 12.2. The summed E-state index contributed by atoms with van der Waals surface area (Å²) in [6, 6.07) is 4.14. The largest absolute Gasteiger partial charge is 0.489 e. The number of hydrogen-bond acceptors (Lipinski definition) is 3. The molecule has 116 valence electrons. The topological polar surface area (TPSA) is 47.6 Å².